The van der Waals surface area contributed by atoms with E-state index in [-0.39, 0.29) is 23.7 Å². The molecule has 0 spiro atoms. The minimum atomic E-state index is -4.82. The standard InChI is InChI=1S/C24H29ClF3N3O6S2/c1-17(31(38(2,33)34)18-6-11-22(25)21(16-18)24(26,27)28)23(32)29-12-15-37-19-7-9-20(10-8-19)39(35,36)30-13-4-3-5-14-30/h6-11,16-17H,3-5,12-15H2,1-2H3,(H,29,32)/t17-/m1/s1. The lowest BCUT2D eigenvalue weighted by Crippen LogP contribution is -2.48. The molecule has 1 N–H and O–H groups in total. The largest absolute Gasteiger partial charge is 0.492 e. The van der Waals surface area contributed by atoms with Gasteiger partial charge in [-0.25, -0.2) is 16.8 Å². The lowest BCUT2D eigenvalue weighted by Gasteiger charge is -2.29. The van der Waals surface area contributed by atoms with Crippen LogP contribution in [0.4, 0.5) is 18.9 Å². The maximum atomic E-state index is 13.3. The Morgan fingerprint density at radius 1 is 1.08 bits per heavy atom. The topological polar surface area (TPSA) is 113 Å². The van der Waals surface area contributed by atoms with Crippen LogP contribution in [0, 0.1) is 0 Å². The zero-order chi connectivity index (χ0) is 29.0. The van der Waals surface area contributed by atoms with Crippen molar-refractivity contribution in [3.05, 3.63) is 53.1 Å². The Morgan fingerprint density at radius 3 is 2.26 bits per heavy atom. The Balaban J connectivity index is 1.60. The van der Waals surface area contributed by atoms with Gasteiger partial charge in [-0.05, 0) is 62.2 Å². The van der Waals surface area contributed by atoms with Gasteiger partial charge in [-0.15, -0.1) is 0 Å². The summed E-state index contributed by atoms with van der Waals surface area (Å²) in [5, 5.41) is 1.88. The molecule has 9 nitrogen and oxygen atoms in total. The molecule has 216 valence electrons. The SMILES string of the molecule is C[C@H](C(=O)NCCOc1ccc(S(=O)(=O)N2CCCCC2)cc1)N(c1ccc(Cl)c(C(F)(F)F)c1)S(C)(=O)=O. The summed E-state index contributed by atoms with van der Waals surface area (Å²) in [4.78, 5) is 12.8. The number of amides is 1. The molecule has 0 bridgehead atoms. The van der Waals surface area contributed by atoms with Crippen LogP contribution in [0.2, 0.25) is 5.02 Å². The molecule has 39 heavy (non-hydrogen) atoms. The average Bonchev–Trinajstić information content (AvgIpc) is 2.87. The fourth-order valence-corrected chi connectivity index (χ4v) is 7.04. The van der Waals surface area contributed by atoms with E-state index in [0.29, 0.717) is 29.2 Å². The first-order chi connectivity index (χ1) is 18.1. The van der Waals surface area contributed by atoms with Crippen LogP contribution in [0.1, 0.15) is 31.7 Å². The number of rotatable bonds is 10. The van der Waals surface area contributed by atoms with Crippen LogP contribution in [0.15, 0.2) is 47.4 Å². The van der Waals surface area contributed by atoms with Crippen molar-refractivity contribution in [3.63, 3.8) is 0 Å². The highest BCUT2D eigenvalue weighted by Crippen LogP contribution is 2.37. The molecule has 0 unspecified atom stereocenters. The van der Waals surface area contributed by atoms with Gasteiger partial charge in [0.15, 0.2) is 0 Å². The fraction of sp³-hybridized carbons (Fsp3) is 0.458. The van der Waals surface area contributed by atoms with Crippen molar-refractivity contribution in [2.24, 2.45) is 0 Å². The number of alkyl halides is 3. The number of carbonyl (C=O) groups is 1. The molecule has 0 aromatic heterocycles. The first kappa shape index (κ1) is 31.0. The van der Waals surface area contributed by atoms with Gasteiger partial charge >= 0.3 is 6.18 Å². The van der Waals surface area contributed by atoms with Crippen molar-refractivity contribution >= 4 is 43.2 Å². The van der Waals surface area contributed by atoms with E-state index >= 15 is 0 Å². The summed E-state index contributed by atoms with van der Waals surface area (Å²) < 4.78 is 97.7. The van der Waals surface area contributed by atoms with Crippen LogP contribution < -0.4 is 14.4 Å². The van der Waals surface area contributed by atoms with Crippen LogP contribution >= 0.6 is 11.6 Å². The first-order valence-electron chi connectivity index (χ1n) is 12.0. The van der Waals surface area contributed by atoms with E-state index in [4.69, 9.17) is 16.3 Å². The molecule has 2 aromatic carbocycles. The second-order valence-corrected chi connectivity index (χ2v) is 13.2. The zero-order valence-electron chi connectivity index (χ0n) is 21.2. The molecular formula is C24H29ClF3N3O6S2. The second-order valence-electron chi connectivity index (χ2n) is 8.97. The van der Waals surface area contributed by atoms with Gasteiger partial charge in [0.2, 0.25) is 26.0 Å². The van der Waals surface area contributed by atoms with Gasteiger partial charge in [0.1, 0.15) is 18.4 Å². The molecule has 1 saturated heterocycles. The number of hydrogen-bond acceptors (Lipinski definition) is 6. The molecule has 1 aliphatic rings. The Hall–Kier alpha value is -2.55. The monoisotopic (exact) mass is 611 g/mol. The summed E-state index contributed by atoms with van der Waals surface area (Å²) in [7, 11) is -7.74. The Bertz CT molecular complexity index is 1380. The predicted molar refractivity (Wildman–Crippen MR) is 141 cm³/mol. The lowest BCUT2D eigenvalue weighted by molar-refractivity contribution is -0.137. The van der Waals surface area contributed by atoms with Crippen LogP contribution in [-0.2, 0) is 31.0 Å². The fourth-order valence-electron chi connectivity index (χ4n) is 4.13. The third kappa shape index (κ3) is 7.77. The summed E-state index contributed by atoms with van der Waals surface area (Å²) in [5.41, 5.74) is -1.60. The summed E-state index contributed by atoms with van der Waals surface area (Å²) in [6.45, 7) is 2.12. The number of carbonyl (C=O) groups excluding carboxylic acids is 1. The van der Waals surface area contributed by atoms with Gasteiger partial charge < -0.3 is 10.1 Å². The molecule has 2 aromatic rings. The molecule has 0 radical (unpaired) electrons. The number of hydrogen-bond donors (Lipinski definition) is 1. The smallest absolute Gasteiger partial charge is 0.417 e. The molecule has 15 heteroatoms. The summed E-state index contributed by atoms with van der Waals surface area (Å²) in [6.07, 6.45) is -1.41. The second kappa shape index (κ2) is 12.3. The van der Waals surface area contributed by atoms with Crippen molar-refractivity contribution in [3.8, 4) is 5.75 Å². The number of ether oxygens (including phenoxy) is 1. The lowest BCUT2D eigenvalue weighted by atomic mass is 10.1. The highest BCUT2D eigenvalue weighted by Gasteiger charge is 2.36. The van der Waals surface area contributed by atoms with E-state index in [1.54, 1.807) is 0 Å². The van der Waals surface area contributed by atoms with Crippen molar-refractivity contribution in [2.45, 2.75) is 43.3 Å². The van der Waals surface area contributed by atoms with Crippen LogP contribution in [0.25, 0.3) is 0 Å². The van der Waals surface area contributed by atoms with Gasteiger partial charge in [-0.3, -0.25) is 9.10 Å². The Morgan fingerprint density at radius 2 is 1.69 bits per heavy atom. The van der Waals surface area contributed by atoms with Crippen molar-refractivity contribution in [1.29, 1.82) is 0 Å². The van der Waals surface area contributed by atoms with Crippen molar-refractivity contribution < 1.29 is 39.5 Å². The minimum absolute atomic E-state index is 0.0330. The van der Waals surface area contributed by atoms with E-state index in [1.807, 2.05) is 0 Å². The van der Waals surface area contributed by atoms with Crippen LogP contribution in [-0.4, -0.2) is 65.6 Å². The maximum absolute atomic E-state index is 13.3. The van der Waals surface area contributed by atoms with Gasteiger partial charge in [-0.2, -0.15) is 17.5 Å². The van der Waals surface area contributed by atoms with Crippen LogP contribution in [0.5, 0.6) is 5.75 Å². The predicted octanol–water partition coefficient (Wildman–Crippen LogP) is 3.88. The Kier molecular flexibility index (Phi) is 9.78. The molecular weight excluding hydrogens is 583 g/mol. The van der Waals surface area contributed by atoms with E-state index in [9.17, 15) is 34.8 Å². The maximum Gasteiger partial charge on any atom is 0.417 e. The third-order valence-corrected chi connectivity index (χ3v) is 9.53. The summed E-state index contributed by atoms with van der Waals surface area (Å²) in [6, 6.07) is 7.04. The van der Waals surface area contributed by atoms with Gasteiger partial charge in [0, 0.05) is 13.1 Å². The number of nitrogens with one attached hydrogen (secondary N) is 1. The molecule has 3 rings (SSSR count). The number of piperidine rings is 1. The van der Waals surface area contributed by atoms with Gasteiger partial charge in [-0.1, -0.05) is 18.0 Å². The Labute approximate surface area is 231 Å². The minimum Gasteiger partial charge on any atom is -0.492 e. The normalized spacial score (nSPS) is 15.9. The van der Waals surface area contributed by atoms with Crippen molar-refractivity contribution in [1.82, 2.24) is 9.62 Å². The average molecular weight is 612 g/mol. The molecule has 1 amide bonds. The molecule has 1 aliphatic heterocycles. The highest BCUT2D eigenvalue weighted by molar-refractivity contribution is 7.92. The van der Waals surface area contributed by atoms with E-state index in [2.05, 4.69) is 5.32 Å². The quantitative estimate of drug-likeness (QED) is 0.408. The van der Waals surface area contributed by atoms with E-state index < -0.39 is 48.8 Å². The number of benzene rings is 2. The van der Waals surface area contributed by atoms with Crippen molar-refractivity contribution in [2.75, 3.05) is 36.8 Å². The summed E-state index contributed by atoms with van der Waals surface area (Å²) in [5.74, 6) is -0.413. The number of halogens is 4. The molecule has 0 saturated carbocycles. The van der Waals surface area contributed by atoms with E-state index in [1.165, 1.54) is 35.5 Å². The molecule has 1 heterocycles. The number of sulfonamides is 2. The van der Waals surface area contributed by atoms with E-state index in [0.717, 1.165) is 37.7 Å². The van der Waals surface area contributed by atoms with Gasteiger partial charge in [0.25, 0.3) is 0 Å². The van der Waals surface area contributed by atoms with Gasteiger partial charge in [0.05, 0.1) is 34.0 Å². The summed E-state index contributed by atoms with van der Waals surface area (Å²) >= 11 is 5.63. The molecule has 0 aliphatic carbocycles. The molecule has 1 fully saturated rings. The number of nitrogens with zero attached hydrogens (tertiary/aromatic N) is 2. The number of anilines is 1. The molecule has 1 atom stereocenters. The third-order valence-electron chi connectivity index (χ3n) is 6.04. The first-order valence-corrected chi connectivity index (χ1v) is 15.7. The van der Waals surface area contributed by atoms with Crippen LogP contribution in [0.3, 0.4) is 0 Å². The highest BCUT2D eigenvalue weighted by atomic mass is 35.5. The zero-order valence-corrected chi connectivity index (χ0v) is 23.6.